The number of hydrogen-bond acceptors (Lipinski definition) is 4. The number of primary sulfonamides is 1. The second-order valence-electron chi connectivity index (χ2n) is 5.74. The van der Waals surface area contributed by atoms with E-state index in [-0.39, 0.29) is 28.4 Å². The quantitative estimate of drug-likeness (QED) is 0.900. The second kappa shape index (κ2) is 6.62. The summed E-state index contributed by atoms with van der Waals surface area (Å²) in [5, 5.41) is 5.09. The van der Waals surface area contributed by atoms with Gasteiger partial charge in [0.05, 0.1) is 12.5 Å². The molecule has 0 spiro atoms. The summed E-state index contributed by atoms with van der Waals surface area (Å²) >= 11 is 1.02. The molecule has 128 valence electrons. The van der Waals surface area contributed by atoms with Crippen molar-refractivity contribution in [2.75, 3.05) is 6.54 Å². The van der Waals surface area contributed by atoms with Crippen LogP contribution in [0.1, 0.15) is 29.3 Å². The number of halogens is 1. The SMILES string of the molecule is NS(=O)(=O)c1ccc(CC(=O)N2CCCC2c2ccc(F)cc2)s1. The lowest BCUT2D eigenvalue weighted by Gasteiger charge is -2.25. The number of rotatable bonds is 4. The van der Waals surface area contributed by atoms with Gasteiger partial charge in [0.25, 0.3) is 0 Å². The Labute approximate surface area is 144 Å². The van der Waals surface area contributed by atoms with Crippen molar-refractivity contribution < 1.29 is 17.6 Å². The second-order valence-corrected chi connectivity index (χ2v) is 8.70. The molecular weight excluding hydrogens is 351 g/mol. The molecule has 1 aromatic carbocycles. The Morgan fingerprint density at radius 2 is 1.96 bits per heavy atom. The summed E-state index contributed by atoms with van der Waals surface area (Å²) < 4.78 is 35.8. The van der Waals surface area contributed by atoms with Gasteiger partial charge in [-0.1, -0.05) is 12.1 Å². The van der Waals surface area contributed by atoms with Gasteiger partial charge in [0, 0.05) is 11.4 Å². The minimum Gasteiger partial charge on any atom is -0.335 e. The highest BCUT2D eigenvalue weighted by Crippen LogP contribution is 2.33. The van der Waals surface area contributed by atoms with Crippen LogP contribution in [0.4, 0.5) is 4.39 Å². The van der Waals surface area contributed by atoms with Crippen molar-refractivity contribution in [3.05, 3.63) is 52.7 Å². The van der Waals surface area contributed by atoms with Crippen molar-refractivity contribution in [1.82, 2.24) is 4.90 Å². The minimum atomic E-state index is -3.74. The summed E-state index contributed by atoms with van der Waals surface area (Å²) in [4.78, 5) is 15.0. The first-order chi connectivity index (χ1) is 11.3. The van der Waals surface area contributed by atoms with Crippen molar-refractivity contribution >= 4 is 27.3 Å². The van der Waals surface area contributed by atoms with E-state index in [1.807, 2.05) is 0 Å². The zero-order valence-corrected chi connectivity index (χ0v) is 14.4. The highest BCUT2D eigenvalue weighted by Gasteiger charge is 2.30. The average Bonchev–Trinajstić information content (AvgIpc) is 3.16. The van der Waals surface area contributed by atoms with Gasteiger partial charge < -0.3 is 4.90 Å². The van der Waals surface area contributed by atoms with Gasteiger partial charge in [-0.2, -0.15) is 0 Å². The monoisotopic (exact) mass is 368 g/mol. The summed E-state index contributed by atoms with van der Waals surface area (Å²) in [6.07, 6.45) is 1.86. The van der Waals surface area contributed by atoms with Crippen LogP contribution in [0.2, 0.25) is 0 Å². The third kappa shape index (κ3) is 3.66. The Morgan fingerprint density at radius 1 is 1.25 bits per heavy atom. The van der Waals surface area contributed by atoms with Gasteiger partial charge in [-0.05, 0) is 42.7 Å². The van der Waals surface area contributed by atoms with E-state index < -0.39 is 10.0 Å². The zero-order valence-electron chi connectivity index (χ0n) is 12.8. The maximum Gasteiger partial charge on any atom is 0.247 e. The predicted molar refractivity (Wildman–Crippen MR) is 89.5 cm³/mol. The molecule has 2 aromatic rings. The van der Waals surface area contributed by atoms with Crippen molar-refractivity contribution in [3.63, 3.8) is 0 Å². The van der Waals surface area contributed by atoms with E-state index in [4.69, 9.17) is 5.14 Å². The molecule has 0 bridgehead atoms. The molecule has 2 N–H and O–H groups in total. The number of nitrogens with two attached hydrogens (primary N) is 1. The smallest absolute Gasteiger partial charge is 0.247 e. The van der Waals surface area contributed by atoms with Gasteiger partial charge in [0.15, 0.2) is 0 Å². The Morgan fingerprint density at radius 3 is 2.58 bits per heavy atom. The van der Waals surface area contributed by atoms with Gasteiger partial charge in [-0.3, -0.25) is 4.79 Å². The first-order valence-electron chi connectivity index (χ1n) is 7.51. The number of amides is 1. The van der Waals surface area contributed by atoms with Gasteiger partial charge in [0.2, 0.25) is 15.9 Å². The van der Waals surface area contributed by atoms with Crippen LogP contribution < -0.4 is 5.14 Å². The van der Waals surface area contributed by atoms with Crippen LogP contribution in [0.3, 0.4) is 0 Å². The summed E-state index contributed by atoms with van der Waals surface area (Å²) in [7, 11) is -3.74. The molecule has 0 aliphatic carbocycles. The molecule has 1 saturated heterocycles. The normalized spacial score (nSPS) is 18.1. The molecule has 0 saturated carbocycles. The fourth-order valence-corrected chi connectivity index (χ4v) is 4.72. The predicted octanol–water partition coefficient (Wildman–Crippen LogP) is 2.44. The van der Waals surface area contributed by atoms with Crippen LogP contribution in [0.5, 0.6) is 0 Å². The van der Waals surface area contributed by atoms with Gasteiger partial charge in [-0.15, -0.1) is 11.3 Å². The highest BCUT2D eigenvalue weighted by atomic mass is 32.2. The van der Waals surface area contributed by atoms with Crippen LogP contribution in [0.25, 0.3) is 0 Å². The number of carbonyl (C=O) groups excluding carboxylic acids is 1. The van der Waals surface area contributed by atoms with Crippen molar-refractivity contribution in [2.45, 2.75) is 29.5 Å². The maximum absolute atomic E-state index is 13.1. The lowest BCUT2D eigenvalue weighted by molar-refractivity contribution is -0.131. The molecular formula is C16H17FN2O3S2. The summed E-state index contributed by atoms with van der Waals surface area (Å²) in [5.41, 5.74) is 0.915. The third-order valence-electron chi connectivity index (χ3n) is 4.07. The Balaban J connectivity index is 1.74. The molecule has 1 atom stereocenters. The molecule has 24 heavy (non-hydrogen) atoms. The lowest BCUT2D eigenvalue weighted by atomic mass is 10.0. The van der Waals surface area contributed by atoms with E-state index in [0.717, 1.165) is 29.7 Å². The maximum atomic E-state index is 13.1. The van der Waals surface area contributed by atoms with E-state index in [0.29, 0.717) is 11.4 Å². The molecule has 1 unspecified atom stereocenters. The number of nitrogens with zero attached hydrogens (tertiary/aromatic N) is 1. The van der Waals surface area contributed by atoms with E-state index in [2.05, 4.69) is 0 Å². The number of likely N-dealkylation sites (tertiary alicyclic amines) is 1. The summed E-state index contributed by atoms with van der Waals surface area (Å²) in [5.74, 6) is -0.367. The van der Waals surface area contributed by atoms with Crippen molar-refractivity contribution in [2.24, 2.45) is 5.14 Å². The standard InChI is InChI=1S/C16H17FN2O3S2/c17-12-5-3-11(4-6-12)14-2-1-9-19(14)15(20)10-13-7-8-16(23-13)24(18,21)22/h3-8,14H,1-2,9-10H2,(H2,18,21,22). The molecule has 1 aliphatic heterocycles. The zero-order chi connectivity index (χ0) is 17.3. The van der Waals surface area contributed by atoms with Gasteiger partial charge in [-0.25, -0.2) is 17.9 Å². The molecule has 2 heterocycles. The van der Waals surface area contributed by atoms with Crippen LogP contribution in [0, 0.1) is 5.82 Å². The Kier molecular flexibility index (Phi) is 4.71. The summed E-state index contributed by atoms with van der Waals surface area (Å²) in [6.45, 7) is 0.647. The fraction of sp³-hybridized carbons (Fsp3) is 0.312. The Hall–Kier alpha value is -1.77. The van der Waals surface area contributed by atoms with E-state index in [1.54, 1.807) is 23.1 Å². The van der Waals surface area contributed by atoms with Crippen LogP contribution in [0.15, 0.2) is 40.6 Å². The van der Waals surface area contributed by atoms with E-state index in [9.17, 15) is 17.6 Å². The minimum absolute atomic E-state index is 0.0572. The molecule has 0 radical (unpaired) electrons. The number of benzene rings is 1. The van der Waals surface area contributed by atoms with Crippen LogP contribution in [-0.4, -0.2) is 25.8 Å². The topological polar surface area (TPSA) is 80.5 Å². The van der Waals surface area contributed by atoms with Crippen molar-refractivity contribution in [1.29, 1.82) is 0 Å². The number of sulfonamides is 1. The van der Waals surface area contributed by atoms with E-state index >= 15 is 0 Å². The number of hydrogen-bond donors (Lipinski definition) is 1. The van der Waals surface area contributed by atoms with Gasteiger partial charge >= 0.3 is 0 Å². The third-order valence-corrected chi connectivity index (χ3v) is 6.59. The fourth-order valence-electron chi connectivity index (χ4n) is 2.95. The molecule has 5 nitrogen and oxygen atoms in total. The molecule has 3 rings (SSSR count). The first-order valence-corrected chi connectivity index (χ1v) is 9.87. The first kappa shape index (κ1) is 17.1. The van der Waals surface area contributed by atoms with Crippen LogP contribution in [-0.2, 0) is 21.2 Å². The number of carbonyl (C=O) groups is 1. The molecule has 1 aromatic heterocycles. The molecule has 8 heteroatoms. The largest absolute Gasteiger partial charge is 0.335 e. The average molecular weight is 368 g/mol. The van der Waals surface area contributed by atoms with Crippen LogP contribution >= 0.6 is 11.3 Å². The molecule has 1 fully saturated rings. The summed E-state index contributed by atoms with van der Waals surface area (Å²) in [6, 6.07) is 9.18. The Bertz CT molecular complexity index is 846. The lowest BCUT2D eigenvalue weighted by Crippen LogP contribution is -2.31. The highest BCUT2D eigenvalue weighted by molar-refractivity contribution is 7.91. The number of thiophene rings is 1. The molecule has 1 amide bonds. The molecule has 1 aliphatic rings. The van der Waals surface area contributed by atoms with Gasteiger partial charge in [0.1, 0.15) is 10.0 Å². The van der Waals surface area contributed by atoms with E-state index in [1.165, 1.54) is 18.2 Å². The van der Waals surface area contributed by atoms with Crippen molar-refractivity contribution in [3.8, 4) is 0 Å².